The van der Waals surface area contributed by atoms with Gasteiger partial charge in [0.05, 0.1) is 18.2 Å². The van der Waals surface area contributed by atoms with Gasteiger partial charge in [-0.2, -0.15) is 0 Å². The van der Waals surface area contributed by atoms with Gasteiger partial charge in [-0.3, -0.25) is 0 Å². The van der Waals surface area contributed by atoms with Gasteiger partial charge in [0, 0.05) is 12.8 Å². The normalized spacial score (nSPS) is 45.5. The van der Waals surface area contributed by atoms with E-state index in [1.807, 2.05) is 13.8 Å². The minimum absolute atomic E-state index is 0.292. The number of nitrogens with two attached hydrogens (primary N) is 1. The Bertz CT molecular complexity index is 263. The number of carbonyl (C=O) groups excluding carboxylic acids is 1. The number of ether oxygens (including phenoxy) is 2. The van der Waals surface area contributed by atoms with Crippen molar-refractivity contribution in [2.24, 2.45) is 5.73 Å². The van der Waals surface area contributed by atoms with Gasteiger partial charge >= 0.3 is 5.97 Å². The van der Waals surface area contributed by atoms with E-state index in [0.717, 1.165) is 0 Å². The fourth-order valence-corrected chi connectivity index (χ4v) is 2.43. The van der Waals surface area contributed by atoms with Crippen molar-refractivity contribution in [1.82, 2.24) is 0 Å². The number of carbonyl (C=O) groups is 1. The SMILES string of the molecule is COC(=O)C12CC(N)(C1)C(C)(C)O2. The lowest BCUT2D eigenvalue weighted by Gasteiger charge is -2.41. The number of rotatable bonds is 1. The molecule has 13 heavy (non-hydrogen) atoms. The molecule has 2 bridgehead atoms. The van der Waals surface area contributed by atoms with Gasteiger partial charge in [0.1, 0.15) is 0 Å². The monoisotopic (exact) mass is 185 g/mol. The predicted molar refractivity (Wildman–Crippen MR) is 46.1 cm³/mol. The maximum atomic E-state index is 11.4. The molecule has 2 saturated heterocycles. The second-order valence-electron chi connectivity index (χ2n) is 4.61. The molecule has 3 aliphatic rings. The summed E-state index contributed by atoms with van der Waals surface area (Å²) in [5.74, 6) is -0.292. The molecule has 74 valence electrons. The number of hydrogen-bond acceptors (Lipinski definition) is 4. The molecule has 0 amide bonds. The third kappa shape index (κ3) is 0.849. The second kappa shape index (κ2) is 2.07. The molecule has 2 heterocycles. The molecule has 4 nitrogen and oxygen atoms in total. The fourth-order valence-electron chi connectivity index (χ4n) is 2.43. The van der Waals surface area contributed by atoms with E-state index < -0.39 is 11.2 Å². The lowest BCUT2D eigenvalue weighted by atomic mass is 9.63. The summed E-state index contributed by atoms with van der Waals surface area (Å²) in [6.45, 7) is 3.84. The first-order valence-corrected chi connectivity index (χ1v) is 4.43. The van der Waals surface area contributed by atoms with E-state index in [4.69, 9.17) is 15.2 Å². The molecule has 2 N–H and O–H groups in total. The van der Waals surface area contributed by atoms with Crippen LogP contribution in [0.1, 0.15) is 26.7 Å². The summed E-state index contributed by atoms with van der Waals surface area (Å²) < 4.78 is 10.4. The lowest BCUT2D eigenvalue weighted by Crippen LogP contribution is -2.62. The first-order valence-electron chi connectivity index (χ1n) is 4.43. The Morgan fingerprint density at radius 3 is 2.31 bits per heavy atom. The second-order valence-corrected chi connectivity index (χ2v) is 4.61. The summed E-state index contributed by atoms with van der Waals surface area (Å²) in [6, 6.07) is 0. The van der Waals surface area contributed by atoms with Crippen LogP contribution in [0.2, 0.25) is 0 Å². The predicted octanol–water partition coefficient (Wildman–Crippen LogP) is 0.198. The quantitative estimate of drug-likeness (QED) is 0.593. The van der Waals surface area contributed by atoms with E-state index in [1.54, 1.807) is 0 Å². The van der Waals surface area contributed by atoms with Crippen LogP contribution < -0.4 is 5.73 Å². The molecule has 2 aliphatic heterocycles. The summed E-state index contributed by atoms with van der Waals surface area (Å²) in [5.41, 5.74) is 4.56. The molecular formula is C9H15NO3. The summed E-state index contributed by atoms with van der Waals surface area (Å²) in [7, 11) is 1.38. The van der Waals surface area contributed by atoms with Crippen molar-refractivity contribution >= 4 is 5.97 Å². The van der Waals surface area contributed by atoms with Crippen molar-refractivity contribution in [2.45, 2.75) is 43.4 Å². The average Bonchev–Trinajstić information content (AvgIpc) is 2.28. The summed E-state index contributed by atoms with van der Waals surface area (Å²) in [5, 5.41) is 0. The van der Waals surface area contributed by atoms with Gasteiger partial charge in [-0.25, -0.2) is 4.79 Å². The van der Waals surface area contributed by atoms with E-state index in [2.05, 4.69) is 0 Å². The number of fused-ring (bicyclic) bond motifs is 1. The third-order valence-corrected chi connectivity index (χ3v) is 3.41. The van der Waals surface area contributed by atoms with Crippen LogP contribution in [-0.4, -0.2) is 29.8 Å². The van der Waals surface area contributed by atoms with E-state index >= 15 is 0 Å². The molecule has 0 spiro atoms. The fraction of sp³-hybridized carbons (Fsp3) is 0.889. The average molecular weight is 185 g/mol. The number of hydrogen-bond donors (Lipinski definition) is 1. The van der Waals surface area contributed by atoms with Crippen LogP contribution in [0.3, 0.4) is 0 Å². The highest BCUT2D eigenvalue weighted by molar-refractivity contribution is 5.83. The van der Waals surface area contributed by atoms with Crippen molar-refractivity contribution in [3.63, 3.8) is 0 Å². The Morgan fingerprint density at radius 2 is 2.00 bits per heavy atom. The van der Waals surface area contributed by atoms with Crippen LogP contribution in [0, 0.1) is 0 Å². The molecule has 0 atom stereocenters. The van der Waals surface area contributed by atoms with Gasteiger partial charge in [0.2, 0.25) is 0 Å². The van der Waals surface area contributed by atoms with Gasteiger partial charge in [-0.15, -0.1) is 0 Å². The highest BCUT2D eigenvalue weighted by atomic mass is 16.6. The zero-order valence-corrected chi connectivity index (χ0v) is 8.22. The van der Waals surface area contributed by atoms with Gasteiger partial charge in [0.15, 0.2) is 5.60 Å². The van der Waals surface area contributed by atoms with Crippen molar-refractivity contribution in [2.75, 3.05) is 7.11 Å². The minimum atomic E-state index is -0.743. The molecule has 3 fully saturated rings. The maximum Gasteiger partial charge on any atom is 0.338 e. The largest absolute Gasteiger partial charge is 0.467 e. The lowest BCUT2D eigenvalue weighted by molar-refractivity contribution is -0.171. The molecule has 1 aliphatic carbocycles. The highest BCUT2D eigenvalue weighted by Gasteiger charge is 2.73. The van der Waals surface area contributed by atoms with Gasteiger partial charge in [-0.1, -0.05) is 0 Å². The molecule has 0 radical (unpaired) electrons. The Labute approximate surface area is 77.4 Å². The van der Waals surface area contributed by atoms with Crippen molar-refractivity contribution in [3.05, 3.63) is 0 Å². The Balaban J connectivity index is 2.25. The van der Waals surface area contributed by atoms with Crippen LogP contribution in [0.15, 0.2) is 0 Å². The smallest absolute Gasteiger partial charge is 0.338 e. The van der Waals surface area contributed by atoms with E-state index in [-0.39, 0.29) is 11.5 Å². The molecule has 4 heteroatoms. The maximum absolute atomic E-state index is 11.4. The van der Waals surface area contributed by atoms with E-state index in [9.17, 15) is 4.79 Å². The van der Waals surface area contributed by atoms with Gasteiger partial charge in [0.25, 0.3) is 0 Å². The Morgan fingerprint density at radius 1 is 1.46 bits per heavy atom. The van der Waals surface area contributed by atoms with Crippen molar-refractivity contribution in [3.8, 4) is 0 Å². The molecule has 3 rings (SSSR count). The Hall–Kier alpha value is -0.610. The van der Waals surface area contributed by atoms with Gasteiger partial charge < -0.3 is 15.2 Å². The first-order chi connectivity index (χ1) is 5.85. The molecule has 1 saturated carbocycles. The summed E-state index contributed by atoms with van der Waals surface area (Å²) >= 11 is 0. The van der Waals surface area contributed by atoms with Crippen molar-refractivity contribution in [1.29, 1.82) is 0 Å². The van der Waals surface area contributed by atoms with E-state index in [1.165, 1.54) is 7.11 Å². The molecular weight excluding hydrogens is 170 g/mol. The van der Waals surface area contributed by atoms with Crippen LogP contribution in [0.5, 0.6) is 0 Å². The minimum Gasteiger partial charge on any atom is -0.467 e. The summed E-state index contributed by atoms with van der Waals surface area (Å²) in [4.78, 5) is 11.4. The molecule has 0 aromatic carbocycles. The van der Waals surface area contributed by atoms with Crippen LogP contribution in [0.25, 0.3) is 0 Å². The van der Waals surface area contributed by atoms with Crippen LogP contribution in [-0.2, 0) is 14.3 Å². The van der Waals surface area contributed by atoms with Crippen molar-refractivity contribution < 1.29 is 14.3 Å². The first kappa shape index (κ1) is 8.97. The molecule has 0 aromatic heterocycles. The highest BCUT2D eigenvalue weighted by Crippen LogP contribution is 2.59. The topological polar surface area (TPSA) is 61.5 Å². The number of methoxy groups -OCH3 is 1. The standard InChI is InChI=1S/C9H15NO3/c1-7(2)9(10)4-8(5-9,13-7)6(11)12-3/h4-5,10H2,1-3H3. The summed E-state index contributed by atoms with van der Waals surface area (Å²) in [6.07, 6.45) is 1.17. The zero-order chi connectivity index (χ0) is 9.91. The van der Waals surface area contributed by atoms with Crippen LogP contribution in [0.4, 0.5) is 0 Å². The molecule has 0 unspecified atom stereocenters. The Kier molecular flexibility index (Phi) is 1.43. The van der Waals surface area contributed by atoms with Gasteiger partial charge in [-0.05, 0) is 13.8 Å². The molecule has 0 aromatic rings. The van der Waals surface area contributed by atoms with E-state index in [0.29, 0.717) is 12.8 Å². The third-order valence-electron chi connectivity index (χ3n) is 3.41. The zero-order valence-electron chi connectivity index (χ0n) is 8.22. The van der Waals surface area contributed by atoms with Crippen LogP contribution >= 0.6 is 0 Å². The number of esters is 1.